The summed E-state index contributed by atoms with van der Waals surface area (Å²) in [6.45, 7) is 1.05. The van der Waals surface area contributed by atoms with Crippen molar-refractivity contribution in [1.82, 2.24) is 4.72 Å². The molecule has 0 unspecified atom stereocenters. The Hall–Kier alpha value is -2.38. The summed E-state index contributed by atoms with van der Waals surface area (Å²) in [4.78, 5) is 10.7. The molecule has 2 rings (SSSR count). The van der Waals surface area contributed by atoms with Gasteiger partial charge in [-0.3, -0.25) is 4.79 Å². The van der Waals surface area contributed by atoms with Gasteiger partial charge in [0.05, 0.1) is 22.1 Å². The van der Waals surface area contributed by atoms with Crippen LogP contribution in [0, 0.1) is 17.2 Å². The number of nitrogens with one attached hydrogen (secondary N) is 1. The second-order valence-corrected chi connectivity index (χ2v) is 7.25. The summed E-state index contributed by atoms with van der Waals surface area (Å²) in [6.07, 6.45) is -1.16. The second-order valence-electron chi connectivity index (χ2n) is 5.60. The third kappa shape index (κ3) is 5.06. The van der Waals surface area contributed by atoms with Gasteiger partial charge in [0.1, 0.15) is 0 Å². The van der Waals surface area contributed by atoms with Gasteiger partial charge in [-0.25, -0.2) is 13.1 Å². The van der Waals surface area contributed by atoms with E-state index < -0.39 is 32.6 Å². The Morgan fingerprint density at radius 1 is 1.31 bits per heavy atom. The molecule has 140 valence electrons. The number of nitriles is 1. The summed E-state index contributed by atoms with van der Waals surface area (Å²) in [6, 6.07) is 3.53. The van der Waals surface area contributed by atoms with E-state index in [9.17, 15) is 26.4 Å². The maximum absolute atomic E-state index is 13.1. The normalized spacial score (nSPS) is 16.4. The fourth-order valence-corrected chi connectivity index (χ4v) is 3.56. The molecule has 1 heterocycles. The lowest BCUT2D eigenvalue weighted by atomic mass is 10.00. The standard InChI is InChI=1S/C16H15F3N2O4S/c17-16(18,19)13-9-12(10-20)1-3-14(13)26(23,24)21-15(22)4-2-11-5-7-25-8-6-11/h1-4,9,11H,5-8H2,(H,21,22)/b4-2+. The van der Waals surface area contributed by atoms with Crippen molar-refractivity contribution in [2.75, 3.05) is 13.2 Å². The third-order valence-corrected chi connectivity index (χ3v) is 5.13. The Labute approximate surface area is 148 Å². The molecule has 0 radical (unpaired) electrons. The molecule has 0 spiro atoms. The maximum Gasteiger partial charge on any atom is 0.417 e. The number of carbonyl (C=O) groups excluding carboxylic acids is 1. The van der Waals surface area contributed by atoms with Gasteiger partial charge in [0.15, 0.2) is 0 Å². The van der Waals surface area contributed by atoms with Crippen molar-refractivity contribution in [2.24, 2.45) is 5.92 Å². The average Bonchev–Trinajstić information content (AvgIpc) is 2.59. The number of allylic oxidation sites excluding steroid dienone is 1. The highest BCUT2D eigenvalue weighted by molar-refractivity contribution is 7.90. The SMILES string of the molecule is N#Cc1ccc(S(=O)(=O)NC(=O)/C=C/C2CCOCC2)c(C(F)(F)F)c1. The number of hydrogen-bond donors (Lipinski definition) is 1. The van der Waals surface area contributed by atoms with Crippen LogP contribution in [-0.2, 0) is 25.7 Å². The highest BCUT2D eigenvalue weighted by Crippen LogP contribution is 2.34. The minimum atomic E-state index is -5.00. The summed E-state index contributed by atoms with van der Waals surface area (Å²) in [5, 5.41) is 8.71. The molecule has 1 fully saturated rings. The molecule has 0 aromatic heterocycles. The van der Waals surface area contributed by atoms with Crippen LogP contribution in [0.1, 0.15) is 24.0 Å². The van der Waals surface area contributed by atoms with Crippen LogP contribution in [0.15, 0.2) is 35.2 Å². The van der Waals surface area contributed by atoms with Crippen molar-refractivity contribution in [3.63, 3.8) is 0 Å². The largest absolute Gasteiger partial charge is 0.417 e. The Morgan fingerprint density at radius 3 is 2.54 bits per heavy atom. The second kappa shape index (κ2) is 7.88. The Bertz CT molecular complexity index is 851. The zero-order valence-electron chi connectivity index (χ0n) is 13.4. The number of benzene rings is 1. The van der Waals surface area contributed by atoms with Crippen LogP contribution in [-0.4, -0.2) is 27.5 Å². The van der Waals surface area contributed by atoms with Crippen molar-refractivity contribution in [2.45, 2.75) is 23.9 Å². The summed E-state index contributed by atoms with van der Waals surface area (Å²) in [7, 11) is -4.76. The van der Waals surface area contributed by atoms with Gasteiger partial charge in [-0.2, -0.15) is 18.4 Å². The van der Waals surface area contributed by atoms with E-state index in [1.807, 2.05) is 0 Å². The van der Waals surface area contributed by atoms with Crippen LogP contribution in [0.25, 0.3) is 0 Å². The molecule has 0 atom stereocenters. The molecule has 1 aromatic carbocycles. The molecule has 1 saturated heterocycles. The molecule has 0 bridgehead atoms. The van der Waals surface area contributed by atoms with Crippen LogP contribution < -0.4 is 4.72 Å². The lowest BCUT2D eigenvalue weighted by molar-refractivity contribution is -0.140. The molecule has 1 aliphatic rings. The molecule has 1 aromatic rings. The minimum Gasteiger partial charge on any atom is -0.381 e. The minimum absolute atomic E-state index is 0.0397. The summed E-state index contributed by atoms with van der Waals surface area (Å²) in [5.41, 5.74) is -1.85. The Morgan fingerprint density at radius 2 is 1.96 bits per heavy atom. The van der Waals surface area contributed by atoms with Crippen molar-refractivity contribution in [1.29, 1.82) is 5.26 Å². The summed E-state index contributed by atoms with van der Waals surface area (Å²) in [5.74, 6) is -1.01. The number of nitrogens with zero attached hydrogens (tertiary/aromatic N) is 1. The van der Waals surface area contributed by atoms with Crippen molar-refractivity contribution in [3.8, 4) is 6.07 Å². The van der Waals surface area contributed by atoms with E-state index in [2.05, 4.69) is 0 Å². The number of hydrogen-bond acceptors (Lipinski definition) is 5. The summed E-state index contributed by atoms with van der Waals surface area (Å²) < 4.78 is 70.5. The number of ether oxygens (including phenoxy) is 1. The molecular formula is C16H15F3N2O4S. The topological polar surface area (TPSA) is 96.3 Å². The quantitative estimate of drug-likeness (QED) is 0.799. The number of sulfonamides is 1. The lowest BCUT2D eigenvalue weighted by Crippen LogP contribution is -2.31. The summed E-state index contributed by atoms with van der Waals surface area (Å²) >= 11 is 0. The molecule has 0 saturated carbocycles. The molecule has 6 nitrogen and oxygen atoms in total. The fraction of sp³-hybridized carbons (Fsp3) is 0.375. The molecule has 0 aliphatic carbocycles. The van der Waals surface area contributed by atoms with E-state index in [1.54, 1.807) is 4.72 Å². The van der Waals surface area contributed by atoms with Crippen LogP contribution in [0.2, 0.25) is 0 Å². The average molecular weight is 388 g/mol. The first-order chi connectivity index (χ1) is 12.1. The molecular weight excluding hydrogens is 373 g/mol. The van der Waals surface area contributed by atoms with E-state index in [4.69, 9.17) is 10.00 Å². The van der Waals surface area contributed by atoms with Crippen molar-refractivity contribution in [3.05, 3.63) is 41.5 Å². The molecule has 1 N–H and O–H groups in total. The van der Waals surface area contributed by atoms with E-state index >= 15 is 0 Å². The monoisotopic (exact) mass is 388 g/mol. The van der Waals surface area contributed by atoms with E-state index in [1.165, 1.54) is 12.1 Å². The number of alkyl halides is 3. The van der Waals surface area contributed by atoms with Crippen LogP contribution in [0.3, 0.4) is 0 Å². The zero-order valence-corrected chi connectivity index (χ0v) is 14.2. The van der Waals surface area contributed by atoms with E-state index in [0.29, 0.717) is 38.2 Å². The highest BCUT2D eigenvalue weighted by atomic mass is 32.2. The molecule has 1 aliphatic heterocycles. The fourth-order valence-electron chi connectivity index (χ4n) is 2.41. The molecule has 1 amide bonds. The maximum atomic E-state index is 13.1. The number of carbonyl (C=O) groups is 1. The van der Waals surface area contributed by atoms with Gasteiger partial charge < -0.3 is 4.74 Å². The Balaban J connectivity index is 2.23. The molecule has 26 heavy (non-hydrogen) atoms. The van der Waals surface area contributed by atoms with Gasteiger partial charge >= 0.3 is 6.18 Å². The van der Waals surface area contributed by atoms with Crippen molar-refractivity contribution >= 4 is 15.9 Å². The predicted molar refractivity (Wildman–Crippen MR) is 84.2 cm³/mol. The number of amides is 1. The number of halogens is 3. The first-order valence-corrected chi connectivity index (χ1v) is 9.06. The van der Waals surface area contributed by atoms with Gasteiger partial charge in [-0.05, 0) is 37.0 Å². The Kier molecular flexibility index (Phi) is 6.05. The first-order valence-electron chi connectivity index (χ1n) is 7.57. The van der Waals surface area contributed by atoms with Crippen LogP contribution in [0.4, 0.5) is 13.2 Å². The van der Waals surface area contributed by atoms with Crippen LogP contribution in [0.5, 0.6) is 0 Å². The lowest BCUT2D eigenvalue weighted by Gasteiger charge is -2.18. The van der Waals surface area contributed by atoms with Gasteiger partial charge in [0, 0.05) is 19.3 Å². The zero-order chi connectivity index (χ0) is 19.4. The van der Waals surface area contributed by atoms with Gasteiger partial charge in [-0.1, -0.05) is 6.08 Å². The van der Waals surface area contributed by atoms with Gasteiger partial charge in [-0.15, -0.1) is 0 Å². The highest BCUT2D eigenvalue weighted by Gasteiger charge is 2.38. The molecule has 10 heteroatoms. The first kappa shape index (κ1) is 19.9. The van der Waals surface area contributed by atoms with Crippen LogP contribution >= 0.6 is 0 Å². The van der Waals surface area contributed by atoms with Gasteiger partial charge in [0.25, 0.3) is 15.9 Å². The number of rotatable bonds is 4. The van der Waals surface area contributed by atoms with Gasteiger partial charge in [0.2, 0.25) is 0 Å². The van der Waals surface area contributed by atoms with E-state index in [-0.39, 0.29) is 11.5 Å². The van der Waals surface area contributed by atoms with E-state index in [0.717, 1.165) is 12.1 Å². The third-order valence-electron chi connectivity index (χ3n) is 3.72. The van der Waals surface area contributed by atoms with Crippen molar-refractivity contribution < 1.29 is 31.1 Å². The smallest absolute Gasteiger partial charge is 0.381 e. The predicted octanol–water partition coefficient (Wildman–Crippen LogP) is 2.36.